The minimum Gasteiger partial charge on any atom is -0.481 e. The normalized spacial score (nSPS) is 10.4. The van der Waals surface area contributed by atoms with Crippen LogP contribution in [-0.2, 0) is 17.8 Å². The minimum atomic E-state index is -0.726. The van der Waals surface area contributed by atoms with E-state index >= 15 is 0 Å². The zero-order chi connectivity index (χ0) is 12.8. The molecule has 0 fully saturated rings. The minimum absolute atomic E-state index is 0.233. The molecule has 0 radical (unpaired) electrons. The van der Waals surface area contributed by atoms with E-state index in [1.54, 1.807) is 0 Å². The highest BCUT2D eigenvalue weighted by atomic mass is 16.4. The van der Waals surface area contributed by atoms with Crippen molar-refractivity contribution in [2.24, 2.45) is 0 Å². The maximum absolute atomic E-state index is 10.5. The van der Waals surface area contributed by atoms with Crippen molar-refractivity contribution in [2.75, 3.05) is 0 Å². The summed E-state index contributed by atoms with van der Waals surface area (Å²) in [6.45, 7) is 0.843. The number of benzene rings is 1. The second-order valence-corrected chi connectivity index (χ2v) is 4.36. The van der Waals surface area contributed by atoms with E-state index in [0.717, 1.165) is 13.0 Å². The van der Waals surface area contributed by atoms with Gasteiger partial charge in [-0.1, -0.05) is 30.3 Å². The second kappa shape index (κ2) is 6.05. The lowest BCUT2D eigenvalue weighted by Gasteiger charge is -2.09. The highest BCUT2D eigenvalue weighted by molar-refractivity contribution is 5.66. The Kier molecular flexibility index (Phi) is 4.18. The topological polar surface area (TPSA) is 42.2 Å². The van der Waals surface area contributed by atoms with E-state index in [0.29, 0.717) is 6.42 Å². The van der Waals surface area contributed by atoms with Crippen LogP contribution in [0.5, 0.6) is 0 Å². The third-order valence-electron chi connectivity index (χ3n) is 2.94. The third-order valence-corrected chi connectivity index (χ3v) is 2.94. The predicted octanol–water partition coefficient (Wildman–Crippen LogP) is 2.94. The first-order chi connectivity index (χ1) is 8.75. The van der Waals surface area contributed by atoms with Crippen molar-refractivity contribution >= 4 is 5.97 Å². The van der Waals surface area contributed by atoms with Gasteiger partial charge >= 0.3 is 5.97 Å². The van der Waals surface area contributed by atoms with Gasteiger partial charge in [0.25, 0.3) is 0 Å². The maximum Gasteiger partial charge on any atom is 0.303 e. The van der Waals surface area contributed by atoms with Crippen LogP contribution in [0.1, 0.15) is 24.1 Å². The number of carbonyl (C=O) groups is 1. The highest BCUT2D eigenvalue weighted by Crippen LogP contribution is 2.10. The molecule has 0 atom stereocenters. The molecule has 0 saturated carbocycles. The van der Waals surface area contributed by atoms with Crippen LogP contribution < -0.4 is 0 Å². The van der Waals surface area contributed by atoms with Crippen molar-refractivity contribution < 1.29 is 9.90 Å². The summed E-state index contributed by atoms with van der Waals surface area (Å²) in [7, 11) is 0. The number of aliphatic carboxylic acids is 1. The lowest BCUT2D eigenvalue weighted by atomic mass is 10.2. The van der Waals surface area contributed by atoms with E-state index in [1.165, 1.54) is 11.3 Å². The van der Waals surface area contributed by atoms with Gasteiger partial charge in [-0.15, -0.1) is 0 Å². The molecule has 0 bridgehead atoms. The number of rotatable bonds is 6. The SMILES string of the molecule is O=C(O)CCCc1cccn1Cc1ccccc1. The summed E-state index contributed by atoms with van der Waals surface area (Å²) >= 11 is 0. The largest absolute Gasteiger partial charge is 0.481 e. The van der Waals surface area contributed by atoms with Crippen molar-refractivity contribution in [1.29, 1.82) is 0 Å². The molecular formula is C15H17NO2. The summed E-state index contributed by atoms with van der Waals surface area (Å²) in [6.07, 6.45) is 3.78. The molecule has 3 heteroatoms. The van der Waals surface area contributed by atoms with Crippen LogP contribution in [0.25, 0.3) is 0 Å². The Balaban J connectivity index is 1.97. The Labute approximate surface area is 107 Å². The average molecular weight is 243 g/mol. The molecule has 0 aliphatic heterocycles. The summed E-state index contributed by atoms with van der Waals surface area (Å²) in [5, 5.41) is 8.64. The Bertz CT molecular complexity index is 502. The summed E-state index contributed by atoms with van der Waals surface area (Å²) in [5.41, 5.74) is 2.45. The number of aromatic nitrogens is 1. The summed E-state index contributed by atoms with van der Waals surface area (Å²) in [5.74, 6) is -0.726. The Hall–Kier alpha value is -2.03. The van der Waals surface area contributed by atoms with Gasteiger partial charge in [0.05, 0.1) is 0 Å². The van der Waals surface area contributed by atoms with Gasteiger partial charge in [-0.2, -0.15) is 0 Å². The van der Waals surface area contributed by atoms with Crippen molar-refractivity contribution in [3.8, 4) is 0 Å². The molecule has 2 rings (SSSR count). The lowest BCUT2D eigenvalue weighted by Crippen LogP contribution is -2.04. The van der Waals surface area contributed by atoms with Crippen molar-refractivity contribution in [1.82, 2.24) is 4.57 Å². The standard InChI is InChI=1S/C15H17NO2/c17-15(18)10-4-8-14-9-5-11-16(14)12-13-6-2-1-3-7-13/h1-3,5-7,9,11H,4,8,10,12H2,(H,17,18). The van der Waals surface area contributed by atoms with Crippen molar-refractivity contribution in [3.05, 3.63) is 59.9 Å². The van der Waals surface area contributed by atoms with Crippen LogP contribution >= 0.6 is 0 Å². The van der Waals surface area contributed by atoms with Crippen molar-refractivity contribution in [2.45, 2.75) is 25.8 Å². The molecule has 3 nitrogen and oxygen atoms in total. The van der Waals surface area contributed by atoms with Crippen LogP contribution in [-0.4, -0.2) is 15.6 Å². The molecule has 1 aromatic heterocycles. The van der Waals surface area contributed by atoms with E-state index < -0.39 is 5.97 Å². The smallest absolute Gasteiger partial charge is 0.303 e. The molecule has 1 heterocycles. The summed E-state index contributed by atoms with van der Waals surface area (Å²) in [4.78, 5) is 10.5. The third kappa shape index (κ3) is 3.48. The Morgan fingerprint density at radius 3 is 2.61 bits per heavy atom. The van der Waals surface area contributed by atoms with Crippen LogP contribution in [0.4, 0.5) is 0 Å². The number of hydrogen-bond acceptors (Lipinski definition) is 1. The monoisotopic (exact) mass is 243 g/mol. The molecule has 94 valence electrons. The first-order valence-corrected chi connectivity index (χ1v) is 6.15. The molecule has 1 N–H and O–H groups in total. The molecule has 0 unspecified atom stereocenters. The van der Waals surface area contributed by atoms with Crippen molar-refractivity contribution in [3.63, 3.8) is 0 Å². The Morgan fingerprint density at radius 2 is 1.89 bits per heavy atom. The summed E-state index contributed by atoms with van der Waals surface area (Å²) < 4.78 is 2.18. The predicted molar refractivity (Wildman–Crippen MR) is 70.5 cm³/mol. The Morgan fingerprint density at radius 1 is 1.11 bits per heavy atom. The number of nitrogens with zero attached hydrogens (tertiary/aromatic N) is 1. The second-order valence-electron chi connectivity index (χ2n) is 4.36. The van der Waals surface area contributed by atoms with Gasteiger partial charge in [-0.25, -0.2) is 0 Å². The van der Waals surface area contributed by atoms with Crippen LogP contribution in [0.3, 0.4) is 0 Å². The average Bonchev–Trinajstić information content (AvgIpc) is 2.78. The molecule has 0 aliphatic carbocycles. The summed E-state index contributed by atoms with van der Waals surface area (Å²) in [6, 6.07) is 14.3. The van der Waals surface area contributed by atoms with Gasteiger partial charge in [-0.3, -0.25) is 4.79 Å². The molecule has 0 amide bonds. The van der Waals surface area contributed by atoms with E-state index in [-0.39, 0.29) is 6.42 Å². The van der Waals surface area contributed by atoms with E-state index in [2.05, 4.69) is 22.8 Å². The fraction of sp³-hybridized carbons (Fsp3) is 0.267. The van der Waals surface area contributed by atoms with E-state index in [1.807, 2.05) is 30.5 Å². The zero-order valence-electron chi connectivity index (χ0n) is 10.2. The first kappa shape index (κ1) is 12.4. The quantitative estimate of drug-likeness (QED) is 0.847. The van der Waals surface area contributed by atoms with Gasteiger partial charge < -0.3 is 9.67 Å². The lowest BCUT2D eigenvalue weighted by molar-refractivity contribution is -0.137. The van der Waals surface area contributed by atoms with Crippen LogP contribution in [0.15, 0.2) is 48.7 Å². The fourth-order valence-corrected chi connectivity index (χ4v) is 2.03. The molecular weight excluding hydrogens is 226 g/mol. The van der Waals surface area contributed by atoms with Crippen LogP contribution in [0.2, 0.25) is 0 Å². The molecule has 18 heavy (non-hydrogen) atoms. The number of hydrogen-bond donors (Lipinski definition) is 1. The van der Waals surface area contributed by atoms with E-state index in [9.17, 15) is 4.79 Å². The number of carboxylic acids is 1. The van der Waals surface area contributed by atoms with E-state index in [4.69, 9.17) is 5.11 Å². The van der Waals surface area contributed by atoms with Gasteiger partial charge in [0, 0.05) is 24.9 Å². The highest BCUT2D eigenvalue weighted by Gasteiger charge is 2.03. The van der Waals surface area contributed by atoms with Gasteiger partial charge in [0.1, 0.15) is 0 Å². The van der Waals surface area contributed by atoms with Gasteiger partial charge in [-0.05, 0) is 30.5 Å². The fourth-order valence-electron chi connectivity index (χ4n) is 2.03. The van der Waals surface area contributed by atoms with Crippen LogP contribution in [0, 0.1) is 0 Å². The molecule has 0 saturated heterocycles. The molecule has 0 aliphatic rings. The molecule has 1 aromatic carbocycles. The zero-order valence-corrected chi connectivity index (χ0v) is 10.2. The number of aryl methyl sites for hydroxylation is 1. The molecule has 0 spiro atoms. The van der Waals surface area contributed by atoms with Gasteiger partial charge in [0.2, 0.25) is 0 Å². The number of carboxylic acid groups (broad SMARTS) is 1. The molecule has 2 aromatic rings. The first-order valence-electron chi connectivity index (χ1n) is 6.15. The maximum atomic E-state index is 10.5. The van der Waals surface area contributed by atoms with Gasteiger partial charge in [0.15, 0.2) is 0 Å².